The maximum absolute atomic E-state index is 12.5. The fourth-order valence-electron chi connectivity index (χ4n) is 2.97. The molecule has 2 amide bonds. The van der Waals surface area contributed by atoms with E-state index in [4.69, 9.17) is 9.47 Å². The number of aryl methyl sites for hydroxylation is 1. The molecule has 0 bridgehead atoms. The van der Waals surface area contributed by atoms with Gasteiger partial charge in [-0.15, -0.1) is 0 Å². The van der Waals surface area contributed by atoms with E-state index in [0.717, 1.165) is 10.0 Å². The number of hydrogen-bond donors (Lipinski definition) is 2. The van der Waals surface area contributed by atoms with Crippen LogP contribution in [0.1, 0.15) is 29.3 Å². The lowest BCUT2D eigenvalue weighted by Crippen LogP contribution is -2.14. The molecule has 0 saturated heterocycles. The highest BCUT2D eigenvalue weighted by Gasteiger charge is 2.10. The lowest BCUT2D eigenvalue weighted by Gasteiger charge is -2.10. The van der Waals surface area contributed by atoms with Gasteiger partial charge in [-0.25, -0.2) is 4.79 Å². The third kappa shape index (κ3) is 7.76. The van der Waals surface area contributed by atoms with Gasteiger partial charge >= 0.3 is 6.16 Å². The van der Waals surface area contributed by atoms with E-state index in [1.54, 1.807) is 31.2 Å². The summed E-state index contributed by atoms with van der Waals surface area (Å²) in [7, 11) is 0. The van der Waals surface area contributed by atoms with Gasteiger partial charge in [0.05, 0.1) is 6.61 Å². The minimum Gasteiger partial charge on any atom is -0.434 e. The smallest absolute Gasteiger partial charge is 0.434 e. The van der Waals surface area contributed by atoms with Crippen LogP contribution in [-0.2, 0) is 16.0 Å². The number of rotatable bonds is 8. The van der Waals surface area contributed by atoms with E-state index in [9.17, 15) is 14.4 Å². The molecule has 2 N–H and O–H groups in total. The number of nitrogens with one attached hydrogen (secondary N) is 2. The number of hydrogen-bond acceptors (Lipinski definition) is 5. The molecular weight excluding hydrogens is 488 g/mol. The van der Waals surface area contributed by atoms with E-state index >= 15 is 0 Å². The predicted molar refractivity (Wildman–Crippen MR) is 130 cm³/mol. The van der Waals surface area contributed by atoms with Crippen LogP contribution in [0.15, 0.2) is 77.3 Å². The first-order chi connectivity index (χ1) is 15.9. The summed E-state index contributed by atoms with van der Waals surface area (Å²) in [5.74, 6) is -0.177. The molecule has 0 atom stereocenters. The predicted octanol–water partition coefficient (Wildman–Crippen LogP) is 5.81. The van der Waals surface area contributed by atoms with E-state index < -0.39 is 6.16 Å². The molecule has 170 valence electrons. The largest absolute Gasteiger partial charge is 0.513 e. The van der Waals surface area contributed by atoms with Crippen molar-refractivity contribution in [2.24, 2.45) is 0 Å². The van der Waals surface area contributed by atoms with Crippen molar-refractivity contribution < 1.29 is 23.9 Å². The van der Waals surface area contributed by atoms with Gasteiger partial charge in [-0.1, -0.05) is 34.1 Å². The third-order valence-electron chi connectivity index (χ3n) is 4.51. The summed E-state index contributed by atoms with van der Waals surface area (Å²) in [4.78, 5) is 36.2. The number of anilines is 2. The van der Waals surface area contributed by atoms with Crippen molar-refractivity contribution in [3.8, 4) is 5.75 Å². The number of amides is 2. The van der Waals surface area contributed by atoms with E-state index in [-0.39, 0.29) is 24.2 Å². The van der Waals surface area contributed by atoms with E-state index in [2.05, 4.69) is 26.6 Å². The van der Waals surface area contributed by atoms with Crippen LogP contribution in [0.2, 0.25) is 0 Å². The molecule has 0 aromatic heterocycles. The van der Waals surface area contributed by atoms with Gasteiger partial charge in [-0.2, -0.15) is 0 Å². The van der Waals surface area contributed by atoms with Crippen molar-refractivity contribution in [2.45, 2.75) is 19.8 Å². The second-order valence-electron chi connectivity index (χ2n) is 7.02. The average Bonchev–Trinajstić information content (AvgIpc) is 2.78. The SMILES string of the molecule is CCOC(=O)Oc1ccc(C(=O)Nc2cccc(NC(=O)CCc3cccc(Br)c3)c2)cc1. The van der Waals surface area contributed by atoms with Crippen molar-refractivity contribution in [1.82, 2.24) is 0 Å². The molecule has 3 rings (SSSR count). The molecule has 8 heteroatoms. The highest BCUT2D eigenvalue weighted by Crippen LogP contribution is 2.19. The number of ether oxygens (including phenoxy) is 2. The maximum Gasteiger partial charge on any atom is 0.513 e. The Kier molecular flexibility index (Phi) is 8.60. The van der Waals surface area contributed by atoms with Gasteiger partial charge < -0.3 is 20.1 Å². The normalized spacial score (nSPS) is 10.2. The van der Waals surface area contributed by atoms with Crippen molar-refractivity contribution in [2.75, 3.05) is 17.2 Å². The summed E-state index contributed by atoms with van der Waals surface area (Å²) in [6.45, 7) is 1.89. The van der Waals surface area contributed by atoms with Crippen LogP contribution in [-0.4, -0.2) is 24.6 Å². The molecule has 0 spiro atoms. The van der Waals surface area contributed by atoms with Gasteiger partial charge in [0, 0.05) is 27.8 Å². The quantitative estimate of drug-likeness (QED) is 0.294. The molecule has 3 aromatic carbocycles. The summed E-state index contributed by atoms with van der Waals surface area (Å²) >= 11 is 3.43. The van der Waals surface area contributed by atoms with Crippen LogP contribution in [0.3, 0.4) is 0 Å². The molecule has 0 aliphatic rings. The zero-order chi connectivity index (χ0) is 23.6. The van der Waals surface area contributed by atoms with Gasteiger partial charge in [-0.3, -0.25) is 9.59 Å². The number of carbonyl (C=O) groups is 3. The van der Waals surface area contributed by atoms with Crippen LogP contribution in [0.4, 0.5) is 16.2 Å². The molecule has 0 heterocycles. The summed E-state index contributed by atoms with van der Waals surface area (Å²) in [6, 6.07) is 20.9. The lowest BCUT2D eigenvalue weighted by molar-refractivity contribution is -0.116. The first-order valence-electron chi connectivity index (χ1n) is 10.3. The molecule has 3 aromatic rings. The second kappa shape index (κ2) is 11.8. The van der Waals surface area contributed by atoms with Crippen LogP contribution in [0.25, 0.3) is 0 Å². The molecule has 0 aliphatic heterocycles. The maximum atomic E-state index is 12.5. The molecule has 0 unspecified atom stereocenters. The Morgan fingerprint density at radius 2 is 1.58 bits per heavy atom. The molecular formula is C25H23BrN2O5. The van der Waals surface area contributed by atoms with Crippen molar-refractivity contribution >= 4 is 45.3 Å². The average molecular weight is 511 g/mol. The Morgan fingerprint density at radius 3 is 2.27 bits per heavy atom. The zero-order valence-electron chi connectivity index (χ0n) is 18.0. The standard InChI is InChI=1S/C25H23BrN2O5/c1-2-32-25(31)33-22-12-10-18(11-13-22)24(30)28-21-8-4-7-20(16-21)27-23(29)14-9-17-5-3-6-19(26)15-17/h3-8,10-13,15-16H,2,9,14H2,1H3,(H,27,29)(H,28,30). The Hall–Kier alpha value is -3.65. The third-order valence-corrected chi connectivity index (χ3v) is 5.01. The van der Waals surface area contributed by atoms with Gasteiger partial charge in [0.1, 0.15) is 5.75 Å². The Balaban J connectivity index is 1.54. The monoisotopic (exact) mass is 510 g/mol. The van der Waals surface area contributed by atoms with Gasteiger partial charge in [0.2, 0.25) is 5.91 Å². The minimum atomic E-state index is -0.801. The molecule has 0 radical (unpaired) electrons. The molecule has 7 nitrogen and oxygen atoms in total. The van der Waals surface area contributed by atoms with Gasteiger partial charge in [0.25, 0.3) is 5.91 Å². The Morgan fingerprint density at radius 1 is 0.879 bits per heavy atom. The molecule has 33 heavy (non-hydrogen) atoms. The first kappa shape index (κ1) is 24.0. The fourth-order valence-corrected chi connectivity index (χ4v) is 3.42. The van der Waals surface area contributed by atoms with E-state index in [1.807, 2.05) is 24.3 Å². The van der Waals surface area contributed by atoms with Crippen molar-refractivity contribution in [3.05, 3.63) is 88.4 Å². The second-order valence-corrected chi connectivity index (χ2v) is 7.94. The summed E-state index contributed by atoms with van der Waals surface area (Å²) in [5, 5.41) is 5.64. The Labute approximate surface area is 200 Å². The van der Waals surface area contributed by atoms with Crippen molar-refractivity contribution in [3.63, 3.8) is 0 Å². The highest BCUT2D eigenvalue weighted by molar-refractivity contribution is 9.10. The molecule has 0 aliphatic carbocycles. The first-order valence-corrected chi connectivity index (χ1v) is 11.1. The summed E-state index contributed by atoms with van der Waals surface area (Å²) < 4.78 is 10.7. The van der Waals surface area contributed by atoms with E-state index in [1.165, 1.54) is 24.3 Å². The van der Waals surface area contributed by atoms with Gasteiger partial charge in [-0.05, 0) is 73.5 Å². The summed E-state index contributed by atoms with van der Waals surface area (Å²) in [6.07, 6.45) is 0.162. The number of carbonyl (C=O) groups excluding carboxylic acids is 3. The highest BCUT2D eigenvalue weighted by atomic mass is 79.9. The fraction of sp³-hybridized carbons (Fsp3) is 0.160. The van der Waals surface area contributed by atoms with Crippen LogP contribution in [0.5, 0.6) is 5.75 Å². The lowest BCUT2D eigenvalue weighted by atomic mass is 10.1. The van der Waals surface area contributed by atoms with Crippen LogP contribution < -0.4 is 15.4 Å². The minimum absolute atomic E-state index is 0.115. The molecule has 0 saturated carbocycles. The number of benzene rings is 3. The van der Waals surface area contributed by atoms with Crippen LogP contribution in [0, 0.1) is 0 Å². The topological polar surface area (TPSA) is 93.7 Å². The zero-order valence-corrected chi connectivity index (χ0v) is 19.6. The van der Waals surface area contributed by atoms with E-state index in [0.29, 0.717) is 29.8 Å². The number of halogens is 1. The summed E-state index contributed by atoms with van der Waals surface area (Å²) in [5.41, 5.74) is 2.58. The van der Waals surface area contributed by atoms with Crippen molar-refractivity contribution in [1.29, 1.82) is 0 Å². The van der Waals surface area contributed by atoms with Crippen LogP contribution >= 0.6 is 15.9 Å². The molecule has 0 fully saturated rings. The Bertz CT molecular complexity index is 1130. The van der Waals surface area contributed by atoms with Gasteiger partial charge in [0.15, 0.2) is 0 Å².